The minimum Gasteiger partial charge on any atom is -0.343 e. The molecule has 2 amide bonds. The van der Waals surface area contributed by atoms with Gasteiger partial charge in [-0.2, -0.15) is 0 Å². The van der Waals surface area contributed by atoms with E-state index in [1.807, 2.05) is 40.1 Å². The van der Waals surface area contributed by atoms with Crippen molar-refractivity contribution in [1.82, 2.24) is 9.80 Å². The van der Waals surface area contributed by atoms with Crippen LogP contribution < -0.4 is 4.90 Å². The van der Waals surface area contributed by atoms with Crippen molar-refractivity contribution in [3.8, 4) is 0 Å². The van der Waals surface area contributed by atoms with Gasteiger partial charge in [0.1, 0.15) is 5.82 Å². The predicted molar refractivity (Wildman–Crippen MR) is 157 cm³/mol. The van der Waals surface area contributed by atoms with Crippen LogP contribution in [0.2, 0.25) is 5.02 Å². The zero-order valence-electron chi connectivity index (χ0n) is 23.7. The molecule has 212 valence electrons. The lowest BCUT2D eigenvalue weighted by atomic mass is 9.90. The summed E-state index contributed by atoms with van der Waals surface area (Å²) in [5.41, 5.74) is 3.16. The predicted octanol–water partition coefficient (Wildman–Crippen LogP) is 6.54. The van der Waals surface area contributed by atoms with Crippen LogP contribution in [0.25, 0.3) is 0 Å². The van der Waals surface area contributed by atoms with Gasteiger partial charge < -0.3 is 14.7 Å². The lowest BCUT2D eigenvalue weighted by molar-refractivity contribution is -0.133. The molecule has 7 heteroatoms. The Bertz CT molecular complexity index is 1110. The molecule has 2 aliphatic rings. The van der Waals surface area contributed by atoms with E-state index in [0.29, 0.717) is 49.3 Å². The molecule has 5 nitrogen and oxygen atoms in total. The number of carbonyl (C=O) groups is 2. The molecule has 0 aliphatic carbocycles. The minimum absolute atomic E-state index is 0.0774. The van der Waals surface area contributed by atoms with E-state index in [0.717, 1.165) is 56.6 Å². The lowest BCUT2D eigenvalue weighted by Crippen LogP contribution is -2.45. The van der Waals surface area contributed by atoms with Crippen molar-refractivity contribution in [2.75, 3.05) is 44.2 Å². The van der Waals surface area contributed by atoms with Gasteiger partial charge in [-0.1, -0.05) is 43.6 Å². The van der Waals surface area contributed by atoms with Gasteiger partial charge in [0.2, 0.25) is 11.8 Å². The monoisotopic (exact) mass is 555 g/mol. The second-order valence-corrected chi connectivity index (χ2v) is 12.0. The minimum atomic E-state index is -0.180. The summed E-state index contributed by atoms with van der Waals surface area (Å²) in [6, 6.07) is 12.9. The second-order valence-electron chi connectivity index (χ2n) is 11.6. The second kappa shape index (κ2) is 13.8. The Morgan fingerprint density at radius 1 is 1.00 bits per heavy atom. The van der Waals surface area contributed by atoms with E-state index in [-0.39, 0.29) is 23.5 Å². The van der Waals surface area contributed by atoms with E-state index >= 15 is 0 Å². The van der Waals surface area contributed by atoms with Gasteiger partial charge in [0.25, 0.3) is 0 Å². The molecule has 2 aromatic rings. The summed E-state index contributed by atoms with van der Waals surface area (Å²) < 4.78 is 13.2. The number of benzene rings is 2. The zero-order valence-corrected chi connectivity index (χ0v) is 24.4. The highest BCUT2D eigenvalue weighted by Crippen LogP contribution is 2.31. The van der Waals surface area contributed by atoms with E-state index < -0.39 is 0 Å². The molecule has 0 N–H and O–H groups in total. The molecule has 2 saturated heterocycles. The van der Waals surface area contributed by atoms with Crippen LogP contribution in [0, 0.1) is 17.7 Å². The molecule has 0 radical (unpaired) electrons. The SMILES string of the molecule is CC(=O)N1CCC(C(=O)N(CCCN2CCC(Cc3ccc(F)cc3)CC2)c2ccc(C(C)C)c(Cl)c2)CC1. The van der Waals surface area contributed by atoms with E-state index in [2.05, 4.69) is 18.7 Å². The zero-order chi connectivity index (χ0) is 27.9. The summed E-state index contributed by atoms with van der Waals surface area (Å²) in [4.78, 5) is 31.8. The Labute approximate surface area is 238 Å². The van der Waals surface area contributed by atoms with Crippen LogP contribution in [0.3, 0.4) is 0 Å². The first-order valence-electron chi connectivity index (χ1n) is 14.5. The third-order valence-electron chi connectivity index (χ3n) is 8.47. The summed E-state index contributed by atoms with van der Waals surface area (Å²) in [7, 11) is 0. The standard InChI is InChI=1S/C32H43ClFN3O2/c1-23(2)30-10-9-29(22-31(30)33)37(32(39)27-13-19-36(20-14-27)24(3)38)16-4-15-35-17-11-26(12-18-35)21-25-5-7-28(34)8-6-25/h5-10,22-23,26-27H,4,11-21H2,1-3H3. The third kappa shape index (κ3) is 8.04. The van der Waals surface area contributed by atoms with Gasteiger partial charge in [-0.3, -0.25) is 9.59 Å². The van der Waals surface area contributed by atoms with Gasteiger partial charge in [-0.05, 0) is 105 Å². The number of likely N-dealkylation sites (tertiary alicyclic amines) is 2. The number of nitrogens with zero attached hydrogens (tertiary/aromatic N) is 3. The van der Waals surface area contributed by atoms with Crippen LogP contribution >= 0.6 is 11.6 Å². The summed E-state index contributed by atoms with van der Waals surface area (Å²) in [5, 5.41) is 0.704. The molecule has 0 atom stereocenters. The number of anilines is 1. The van der Waals surface area contributed by atoms with Crippen molar-refractivity contribution in [3.63, 3.8) is 0 Å². The van der Waals surface area contributed by atoms with Gasteiger partial charge in [0.05, 0.1) is 0 Å². The normalized spacial score (nSPS) is 17.5. The number of halogens is 2. The average molecular weight is 556 g/mol. The van der Waals surface area contributed by atoms with Crippen molar-refractivity contribution >= 4 is 29.1 Å². The maximum absolute atomic E-state index is 13.8. The van der Waals surface area contributed by atoms with E-state index in [1.165, 1.54) is 5.56 Å². The van der Waals surface area contributed by atoms with Crippen LogP contribution in [-0.4, -0.2) is 60.9 Å². The highest BCUT2D eigenvalue weighted by atomic mass is 35.5. The van der Waals surface area contributed by atoms with Crippen LogP contribution in [0.1, 0.15) is 69.9 Å². The van der Waals surface area contributed by atoms with Gasteiger partial charge in [0.15, 0.2) is 0 Å². The highest BCUT2D eigenvalue weighted by Gasteiger charge is 2.30. The fourth-order valence-corrected chi connectivity index (χ4v) is 6.39. The average Bonchev–Trinajstić information content (AvgIpc) is 2.92. The molecular weight excluding hydrogens is 513 g/mol. The topological polar surface area (TPSA) is 43.9 Å². The quantitative estimate of drug-likeness (QED) is 0.353. The van der Waals surface area contributed by atoms with Gasteiger partial charge in [-0.15, -0.1) is 0 Å². The van der Waals surface area contributed by atoms with Crippen molar-refractivity contribution in [1.29, 1.82) is 0 Å². The first-order chi connectivity index (χ1) is 18.7. The highest BCUT2D eigenvalue weighted by molar-refractivity contribution is 6.31. The Morgan fingerprint density at radius 2 is 1.67 bits per heavy atom. The molecule has 4 rings (SSSR count). The molecule has 2 aromatic carbocycles. The van der Waals surface area contributed by atoms with Crippen molar-refractivity contribution in [2.24, 2.45) is 11.8 Å². The number of hydrogen-bond acceptors (Lipinski definition) is 3. The first-order valence-corrected chi connectivity index (χ1v) is 14.9. The van der Waals surface area contributed by atoms with Gasteiger partial charge in [-0.25, -0.2) is 4.39 Å². The van der Waals surface area contributed by atoms with Gasteiger partial charge >= 0.3 is 0 Å². The molecule has 0 bridgehead atoms. The Kier molecular flexibility index (Phi) is 10.4. The molecule has 0 saturated carbocycles. The molecule has 0 aromatic heterocycles. The number of piperidine rings is 2. The first kappa shape index (κ1) is 29.5. The van der Waals surface area contributed by atoms with Crippen molar-refractivity contribution < 1.29 is 14.0 Å². The Hall–Kier alpha value is -2.44. The Balaban J connectivity index is 1.34. The molecular formula is C32H43ClFN3O2. The summed E-state index contributed by atoms with van der Waals surface area (Å²) >= 11 is 6.64. The molecule has 2 aliphatic heterocycles. The Morgan fingerprint density at radius 3 is 2.26 bits per heavy atom. The summed E-state index contributed by atoms with van der Waals surface area (Å²) in [5.74, 6) is 0.914. The third-order valence-corrected chi connectivity index (χ3v) is 8.80. The van der Waals surface area contributed by atoms with Crippen LogP contribution in [0.4, 0.5) is 10.1 Å². The van der Waals surface area contributed by atoms with Crippen LogP contribution in [0.5, 0.6) is 0 Å². The molecule has 39 heavy (non-hydrogen) atoms. The smallest absolute Gasteiger partial charge is 0.230 e. The van der Waals surface area contributed by atoms with E-state index in [1.54, 1.807) is 19.1 Å². The van der Waals surface area contributed by atoms with Crippen LogP contribution in [-0.2, 0) is 16.0 Å². The van der Waals surface area contributed by atoms with Gasteiger partial charge in [0, 0.05) is 43.2 Å². The molecule has 2 heterocycles. The molecule has 2 fully saturated rings. The summed E-state index contributed by atoms with van der Waals surface area (Å²) in [6.45, 7) is 10.8. The van der Waals surface area contributed by atoms with E-state index in [9.17, 15) is 14.0 Å². The number of hydrogen-bond donors (Lipinski definition) is 0. The number of carbonyl (C=O) groups excluding carboxylic acids is 2. The van der Waals surface area contributed by atoms with E-state index in [4.69, 9.17) is 11.6 Å². The summed E-state index contributed by atoms with van der Waals surface area (Å²) in [6.07, 6.45) is 5.58. The van der Waals surface area contributed by atoms with Crippen LogP contribution in [0.15, 0.2) is 42.5 Å². The largest absolute Gasteiger partial charge is 0.343 e. The number of rotatable bonds is 9. The van der Waals surface area contributed by atoms with Crippen molar-refractivity contribution in [3.05, 3.63) is 64.4 Å². The molecule has 0 unspecified atom stereocenters. The fraction of sp³-hybridized carbons (Fsp3) is 0.562. The molecule has 0 spiro atoms. The lowest BCUT2D eigenvalue weighted by Gasteiger charge is -2.35. The fourth-order valence-electron chi connectivity index (χ4n) is 6.00. The maximum Gasteiger partial charge on any atom is 0.230 e. The number of amides is 2. The maximum atomic E-state index is 13.8. The van der Waals surface area contributed by atoms with Crippen molar-refractivity contribution in [2.45, 2.75) is 65.2 Å².